The molecule has 0 heterocycles. The molecule has 0 saturated carbocycles. The lowest BCUT2D eigenvalue weighted by Gasteiger charge is -2.25. The van der Waals surface area contributed by atoms with Gasteiger partial charge in [-0.1, -0.05) is 30.3 Å². The summed E-state index contributed by atoms with van der Waals surface area (Å²) in [7, 11) is 0. The summed E-state index contributed by atoms with van der Waals surface area (Å²) in [6.45, 7) is 1.80. The zero-order valence-electron chi connectivity index (χ0n) is 10.9. The Morgan fingerprint density at radius 2 is 1.58 bits per heavy atom. The molecule has 0 aliphatic rings. The van der Waals surface area contributed by atoms with Crippen LogP contribution in [0.5, 0.6) is 0 Å². The SMILES string of the molecule is CC(N)(CCc1ccccc1)c1cc(F)cc(F)c1. The van der Waals surface area contributed by atoms with E-state index in [1.165, 1.54) is 12.1 Å². The number of rotatable bonds is 4. The molecule has 2 aromatic carbocycles. The Kier molecular flexibility index (Phi) is 3.96. The molecule has 0 amide bonds. The summed E-state index contributed by atoms with van der Waals surface area (Å²) in [4.78, 5) is 0. The smallest absolute Gasteiger partial charge is 0.126 e. The van der Waals surface area contributed by atoms with Gasteiger partial charge in [-0.25, -0.2) is 8.78 Å². The fourth-order valence-electron chi connectivity index (χ4n) is 2.08. The van der Waals surface area contributed by atoms with Gasteiger partial charge in [0.2, 0.25) is 0 Å². The fourth-order valence-corrected chi connectivity index (χ4v) is 2.08. The Morgan fingerprint density at radius 3 is 2.16 bits per heavy atom. The summed E-state index contributed by atoms with van der Waals surface area (Å²) in [5, 5.41) is 0. The van der Waals surface area contributed by atoms with Crippen LogP contribution in [0.2, 0.25) is 0 Å². The van der Waals surface area contributed by atoms with Gasteiger partial charge < -0.3 is 5.73 Å². The van der Waals surface area contributed by atoms with Crippen molar-refractivity contribution in [2.75, 3.05) is 0 Å². The molecule has 0 fully saturated rings. The van der Waals surface area contributed by atoms with Crippen molar-refractivity contribution in [3.8, 4) is 0 Å². The average molecular weight is 261 g/mol. The van der Waals surface area contributed by atoms with Crippen molar-refractivity contribution in [2.24, 2.45) is 5.73 Å². The summed E-state index contributed by atoms with van der Waals surface area (Å²) in [6, 6.07) is 13.4. The molecule has 2 rings (SSSR count). The van der Waals surface area contributed by atoms with E-state index in [2.05, 4.69) is 0 Å². The molecule has 100 valence electrons. The molecule has 0 bridgehead atoms. The Bertz CT molecular complexity index is 530. The third-order valence-corrected chi connectivity index (χ3v) is 3.30. The van der Waals surface area contributed by atoms with Crippen LogP contribution >= 0.6 is 0 Å². The van der Waals surface area contributed by atoms with Crippen LogP contribution in [0, 0.1) is 11.6 Å². The van der Waals surface area contributed by atoms with Gasteiger partial charge in [-0.3, -0.25) is 0 Å². The van der Waals surface area contributed by atoms with Crippen LogP contribution in [0.1, 0.15) is 24.5 Å². The number of hydrogen-bond donors (Lipinski definition) is 1. The van der Waals surface area contributed by atoms with E-state index in [1.807, 2.05) is 30.3 Å². The van der Waals surface area contributed by atoms with Crippen LogP contribution < -0.4 is 5.73 Å². The van der Waals surface area contributed by atoms with Crippen molar-refractivity contribution in [2.45, 2.75) is 25.3 Å². The fraction of sp³-hybridized carbons (Fsp3) is 0.250. The van der Waals surface area contributed by atoms with Gasteiger partial charge in [-0.15, -0.1) is 0 Å². The topological polar surface area (TPSA) is 26.0 Å². The van der Waals surface area contributed by atoms with Gasteiger partial charge in [0.25, 0.3) is 0 Å². The molecule has 2 aromatic rings. The van der Waals surface area contributed by atoms with E-state index >= 15 is 0 Å². The molecule has 1 unspecified atom stereocenters. The Morgan fingerprint density at radius 1 is 1.00 bits per heavy atom. The number of hydrogen-bond acceptors (Lipinski definition) is 1. The van der Waals surface area contributed by atoms with Gasteiger partial charge >= 0.3 is 0 Å². The monoisotopic (exact) mass is 261 g/mol. The molecule has 3 heteroatoms. The summed E-state index contributed by atoms with van der Waals surface area (Å²) in [5.41, 5.74) is 7.09. The first kappa shape index (κ1) is 13.7. The minimum Gasteiger partial charge on any atom is -0.322 e. The van der Waals surface area contributed by atoms with E-state index in [-0.39, 0.29) is 0 Å². The standard InChI is InChI=1S/C16H17F2N/c1-16(19,8-7-12-5-3-2-4-6-12)13-9-14(17)11-15(18)10-13/h2-6,9-11H,7-8,19H2,1H3. The summed E-state index contributed by atoms with van der Waals surface area (Å²) in [6.07, 6.45) is 1.39. The van der Waals surface area contributed by atoms with E-state index in [0.717, 1.165) is 18.1 Å². The van der Waals surface area contributed by atoms with Crippen molar-refractivity contribution < 1.29 is 8.78 Å². The molecule has 0 aliphatic heterocycles. The minimum atomic E-state index is -0.751. The van der Waals surface area contributed by atoms with Crippen molar-refractivity contribution >= 4 is 0 Å². The predicted molar refractivity (Wildman–Crippen MR) is 72.7 cm³/mol. The van der Waals surface area contributed by atoms with Crippen LogP contribution in [0.15, 0.2) is 48.5 Å². The number of aryl methyl sites for hydroxylation is 1. The second kappa shape index (κ2) is 5.49. The second-order valence-electron chi connectivity index (χ2n) is 5.06. The third kappa shape index (κ3) is 3.61. The second-order valence-corrected chi connectivity index (χ2v) is 5.06. The van der Waals surface area contributed by atoms with Crippen molar-refractivity contribution in [3.63, 3.8) is 0 Å². The van der Waals surface area contributed by atoms with Gasteiger partial charge in [0.15, 0.2) is 0 Å². The number of nitrogens with two attached hydrogens (primary N) is 1. The highest BCUT2D eigenvalue weighted by Crippen LogP contribution is 2.25. The highest BCUT2D eigenvalue weighted by molar-refractivity contribution is 5.26. The molecule has 2 N–H and O–H groups in total. The quantitative estimate of drug-likeness (QED) is 0.890. The van der Waals surface area contributed by atoms with Gasteiger partial charge in [0, 0.05) is 11.6 Å². The van der Waals surface area contributed by atoms with Crippen molar-refractivity contribution in [1.82, 2.24) is 0 Å². The molecule has 0 aliphatic carbocycles. The van der Waals surface area contributed by atoms with E-state index in [0.29, 0.717) is 12.0 Å². The lowest BCUT2D eigenvalue weighted by molar-refractivity contribution is 0.444. The lowest BCUT2D eigenvalue weighted by atomic mass is 9.87. The molecule has 0 radical (unpaired) electrons. The van der Waals surface area contributed by atoms with Gasteiger partial charge in [-0.05, 0) is 43.0 Å². The Labute approximate surface area is 112 Å². The maximum Gasteiger partial charge on any atom is 0.126 e. The molecular weight excluding hydrogens is 244 g/mol. The molecule has 0 saturated heterocycles. The lowest BCUT2D eigenvalue weighted by Crippen LogP contribution is -2.33. The third-order valence-electron chi connectivity index (χ3n) is 3.30. The maximum absolute atomic E-state index is 13.2. The first-order valence-electron chi connectivity index (χ1n) is 6.27. The number of halogens is 2. The van der Waals surface area contributed by atoms with Crippen molar-refractivity contribution in [1.29, 1.82) is 0 Å². The molecule has 1 atom stereocenters. The van der Waals surface area contributed by atoms with Crippen LogP contribution in [-0.2, 0) is 12.0 Å². The highest BCUT2D eigenvalue weighted by atomic mass is 19.1. The Balaban J connectivity index is 2.13. The van der Waals surface area contributed by atoms with E-state index in [4.69, 9.17) is 5.73 Å². The molecular formula is C16H17F2N. The summed E-state index contributed by atoms with van der Waals surface area (Å²) in [5.74, 6) is -1.18. The first-order chi connectivity index (χ1) is 8.97. The van der Waals surface area contributed by atoms with Crippen molar-refractivity contribution in [3.05, 3.63) is 71.3 Å². The van der Waals surface area contributed by atoms with Gasteiger partial charge in [0.05, 0.1) is 0 Å². The summed E-state index contributed by atoms with van der Waals surface area (Å²) >= 11 is 0. The van der Waals surface area contributed by atoms with Crippen LogP contribution in [-0.4, -0.2) is 0 Å². The molecule has 0 spiro atoms. The molecule has 19 heavy (non-hydrogen) atoms. The van der Waals surface area contributed by atoms with Gasteiger partial charge in [0.1, 0.15) is 11.6 Å². The largest absolute Gasteiger partial charge is 0.322 e. The first-order valence-corrected chi connectivity index (χ1v) is 6.27. The van der Waals surface area contributed by atoms with E-state index in [1.54, 1.807) is 6.92 Å². The number of benzene rings is 2. The zero-order chi connectivity index (χ0) is 13.9. The maximum atomic E-state index is 13.2. The average Bonchev–Trinajstić information content (AvgIpc) is 2.37. The molecule has 1 nitrogen and oxygen atoms in total. The molecule has 0 aromatic heterocycles. The normalized spacial score (nSPS) is 14.1. The van der Waals surface area contributed by atoms with E-state index in [9.17, 15) is 8.78 Å². The Hall–Kier alpha value is -1.74. The highest BCUT2D eigenvalue weighted by Gasteiger charge is 2.22. The van der Waals surface area contributed by atoms with Crippen LogP contribution in [0.25, 0.3) is 0 Å². The predicted octanol–water partition coefficient (Wildman–Crippen LogP) is 3.77. The zero-order valence-corrected chi connectivity index (χ0v) is 10.9. The van der Waals surface area contributed by atoms with Crippen LogP contribution in [0.4, 0.5) is 8.78 Å². The van der Waals surface area contributed by atoms with Crippen LogP contribution in [0.3, 0.4) is 0 Å². The van der Waals surface area contributed by atoms with E-state index < -0.39 is 17.2 Å². The minimum absolute atomic E-state index is 0.487. The summed E-state index contributed by atoms with van der Waals surface area (Å²) < 4.78 is 26.5. The van der Waals surface area contributed by atoms with Gasteiger partial charge in [-0.2, -0.15) is 0 Å².